The molecule has 4 rings (SSSR count). The lowest BCUT2D eigenvalue weighted by molar-refractivity contribution is -0.172. The molecule has 0 aliphatic carbocycles. The smallest absolute Gasteiger partial charge is 0.258 e. The van der Waals surface area contributed by atoms with Crippen LogP contribution in [0.25, 0.3) is 10.6 Å². The Hall–Kier alpha value is -1.37. The average Bonchev–Trinajstić information content (AvgIpc) is 2.92. The molecule has 0 saturated carbocycles. The number of hydrogen-bond donors (Lipinski definition) is 0. The number of halogens is 1. The highest BCUT2D eigenvalue weighted by Crippen LogP contribution is 2.40. The quantitative estimate of drug-likeness (QED) is 0.852. The highest BCUT2D eigenvalue weighted by molar-refractivity contribution is 7.19. The number of nitrogens with zero attached hydrogens (tertiary/aromatic N) is 3. The number of likely N-dealkylation sites (tertiary alicyclic amines) is 1. The van der Waals surface area contributed by atoms with Gasteiger partial charge in [0.25, 0.3) is 5.91 Å². The summed E-state index contributed by atoms with van der Waals surface area (Å²) in [5.41, 5.74) is 1.29. The largest absolute Gasteiger partial charge is 0.376 e. The Morgan fingerprint density at radius 3 is 2.81 bits per heavy atom. The van der Waals surface area contributed by atoms with Crippen molar-refractivity contribution in [3.05, 3.63) is 28.2 Å². The molecule has 7 heteroatoms. The summed E-state index contributed by atoms with van der Waals surface area (Å²) in [4.78, 5) is 15.7. The molecule has 0 aromatic carbocycles. The Kier molecular flexibility index (Phi) is 2.89. The third-order valence-corrected chi connectivity index (χ3v) is 5.46. The van der Waals surface area contributed by atoms with Gasteiger partial charge in [0.2, 0.25) is 0 Å². The number of ether oxygens (including phenoxy) is 1. The first-order chi connectivity index (χ1) is 10.1. The van der Waals surface area contributed by atoms with Crippen molar-refractivity contribution in [3.8, 4) is 10.6 Å². The van der Waals surface area contributed by atoms with Crippen molar-refractivity contribution in [2.45, 2.75) is 12.0 Å². The Morgan fingerprint density at radius 1 is 1.48 bits per heavy atom. The van der Waals surface area contributed by atoms with Crippen LogP contribution >= 0.6 is 22.9 Å². The van der Waals surface area contributed by atoms with Crippen molar-refractivity contribution in [3.63, 3.8) is 0 Å². The van der Waals surface area contributed by atoms with E-state index in [1.807, 2.05) is 24.1 Å². The van der Waals surface area contributed by atoms with Crippen LogP contribution < -0.4 is 0 Å². The van der Waals surface area contributed by atoms with E-state index in [0.717, 1.165) is 17.8 Å². The van der Waals surface area contributed by atoms with Crippen molar-refractivity contribution < 1.29 is 9.53 Å². The van der Waals surface area contributed by atoms with E-state index in [-0.39, 0.29) is 11.4 Å². The summed E-state index contributed by atoms with van der Waals surface area (Å²) in [6.45, 7) is 2.10. The fourth-order valence-electron chi connectivity index (χ4n) is 2.91. The SMILES string of the molecule is Cn1cc(C(=O)N2CCC23COC3)c(-c2ccc(Cl)s2)n1. The summed E-state index contributed by atoms with van der Waals surface area (Å²) in [6.07, 6.45) is 2.82. The van der Waals surface area contributed by atoms with Gasteiger partial charge < -0.3 is 9.64 Å². The second kappa shape index (κ2) is 4.56. The second-order valence-electron chi connectivity index (χ2n) is 5.59. The summed E-state index contributed by atoms with van der Waals surface area (Å²) >= 11 is 7.44. The number of aromatic nitrogens is 2. The van der Waals surface area contributed by atoms with Crippen molar-refractivity contribution in [2.24, 2.45) is 7.05 Å². The van der Waals surface area contributed by atoms with E-state index in [1.54, 1.807) is 10.9 Å². The van der Waals surface area contributed by atoms with Gasteiger partial charge in [-0.3, -0.25) is 9.48 Å². The number of carbonyl (C=O) groups is 1. The maximum absolute atomic E-state index is 12.8. The molecule has 0 atom stereocenters. The van der Waals surface area contributed by atoms with Gasteiger partial charge in [-0.1, -0.05) is 11.6 Å². The molecular weight excluding hydrogens is 310 g/mol. The normalized spacial score (nSPS) is 19.4. The van der Waals surface area contributed by atoms with Gasteiger partial charge in [0.1, 0.15) is 5.69 Å². The lowest BCUT2D eigenvalue weighted by Crippen LogP contribution is -2.72. The van der Waals surface area contributed by atoms with E-state index < -0.39 is 0 Å². The van der Waals surface area contributed by atoms with E-state index in [0.29, 0.717) is 28.8 Å². The monoisotopic (exact) mass is 323 g/mol. The zero-order chi connectivity index (χ0) is 14.6. The Balaban J connectivity index is 1.70. The van der Waals surface area contributed by atoms with Crippen molar-refractivity contribution in [1.29, 1.82) is 0 Å². The molecule has 2 aliphatic rings. The second-order valence-corrected chi connectivity index (χ2v) is 7.31. The number of rotatable bonds is 2. The molecule has 2 saturated heterocycles. The van der Waals surface area contributed by atoms with E-state index in [9.17, 15) is 4.79 Å². The highest BCUT2D eigenvalue weighted by atomic mass is 35.5. The standard InChI is InChI=1S/C14H14ClN3O2S/c1-17-6-9(12(16-17)10-2-3-11(15)21-10)13(19)18-5-4-14(18)7-20-8-14/h2-3,6H,4-5,7-8H2,1H3. The van der Waals surface area contributed by atoms with Gasteiger partial charge in [0, 0.05) is 19.8 Å². The zero-order valence-corrected chi connectivity index (χ0v) is 13.1. The first-order valence-corrected chi connectivity index (χ1v) is 7.98. The van der Waals surface area contributed by atoms with E-state index in [4.69, 9.17) is 16.3 Å². The lowest BCUT2D eigenvalue weighted by Gasteiger charge is -2.57. The van der Waals surface area contributed by atoms with Crippen LogP contribution in [0, 0.1) is 0 Å². The van der Waals surface area contributed by atoms with Crippen LogP contribution in [0.1, 0.15) is 16.8 Å². The molecule has 1 amide bonds. The molecule has 0 radical (unpaired) electrons. The lowest BCUT2D eigenvalue weighted by atomic mass is 9.82. The van der Waals surface area contributed by atoms with Crippen LogP contribution in [0.4, 0.5) is 0 Å². The van der Waals surface area contributed by atoms with Crippen LogP contribution in [0.15, 0.2) is 18.3 Å². The van der Waals surface area contributed by atoms with E-state index in [2.05, 4.69) is 5.10 Å². The van der Waals surface area contributed by atoms with E-state index >= 15 is 0 Å². The van der Waals surface area contributed by atoms with Crippen molar-refractivity contribution in [1.82, 2.24) is 14.7 Å². The topological polar surface area (TPSA) is 47.4 Å². The van der Waals surface area contributed by atoms with Crippen LogP contribution in [0.3, 0.4) is 0 Å². The molecule has 0 bridgehead atoms. The fourth-order valence-corrected chi connectivity index (χ4v) is 3.95. The molecule has 2 aromatic heterocycles. The number of carbonyl (C=O) groups excluding carboxylic acids is 1. The highest BCUT2D eigenvalue weighted by Gasteiger charge is 2.53. The minimum absolute atomic E-state index is 0.0390. The van der Waals surface area contributed by atoms with Gasteiger partial charge in [-0.05, 0) is 18.6 Å². The third-order valence-electron chi connectivity index (χ3n) is 4.23. The molecule has 1 spiro atoms. The first-order valence-electron chi connectivity index (χ1n) is 6.78. The van der Waals surface area contributed by atoms with Crippen molar-refractivity contribution >= 4 is 28.8 Å². The molecule has 21 heavy (non-hydrogen) atoms. The number of thiophene rings is 1. The molecular formula is C14H14ClN3O2S. The molecule has 2 aliphatic heterocycles. The third kappa shape index (κ3) is 1.93. The van der Waals surface area contributed by atoms with Gasteiger partial charge >= 0.3 is 0 Å². The van der Waals surface area contributed by atoms with Gasteiger partial charge in [-0.15, -0.1) is 11.3 Å². The number of hydrogen-bond acceptors (Lipinski definition) is 4. The average molecular weight is 324 g/mol. The molecule has 0 N–H and O–H groups in total. The minimum atomic E-state index is -0.0582. The Labute approximate surface area is 131 Å². The zero-order valence-electron chi connectivity index (χ0n) is 11.5. The Morgan fingerprint density at radius 2 is 2.29 bits per heavy atom. The van der Waals surface area contributed by atoms with Crippen LogP contribution in [0.5, 0.6) is 0 Å². The van der Waals surface area contributed by atoms with Crippen LogP contribution in [-0.2, 0) is 11.8 Å². The van der Waals surface area contributed by atoms with E-state index in [1.165, 1.54) is 11.3 Å². The fraction of sp³-hybridized carbons (Fsp3) is 0.429. The first kappa shape index (κ1) is 13.3. The molecule has 5 nitrogen and oxygen atoms in total. The molecule has 0 unspecified atom stereocenters. The summed E-state index contributed by atoms with van der Waals surface area (Å²) in [7, 11) is 1.83. The molecule has 2 fully saturated rings. The van der Waals surface area contributed by atoms with Gasteiger partial charge in [0.15, 0.2) is 0 Å². The minimum Gasteiger partial charge on any atom is -0.376 e. The van der Waals surface area contributed by atoms with Gasteiger partial charge in [-0.2, -0.15) is 5.10 Å². The summed E-state index contributed by atoms with van der Waals surface area (Å²) in [6, 6.07) is 3.74. The summed E-state index contributed by atoms with van der Waals surface area (Å²) in [5, 5.41) is 4.44. The summed E-state index contributed by atoms with van der Waals surface area (Å²) < 4.78 is 7.67. The molecule has 2 aromatic rings. The summed E-state index contributed by atoms with van der Waals surface area (Å²) in [5.74, 6) is 0.0390. The maximum atomic E-state index is 12.8. The molecule has 4 heterocycles. The maximum Gasteiger partial charge on any atom is 0.258 e. The van der Waals surface area contributed by atoms with Gasteiger partial charge in [0.05, 0.1) is 33.5 Å². The number of aryl methyl sites for hydroxylation is 1. The van der Waals surface area contributed by atoms with Crippen LogP contribution in [-0.4, -0.2) is 45.9 Å². The van der Waals surface area contributed by atoms with Gasteiger partial charge in [-0.25, -0.2) is 0 Å². The predicted molar refractivity (Wildman–Crippen MR) is 80.7 cm³/mol. The predicted octanol–water partition coefficient (Wildman–Crippen LogP) is 2.42. The number of amides is 1. The van der Waals surface area contributed by atoms with Crippen molar-refractivity contribution in [2.75, 3.05) is 19.8 Å². The van der Waals surface area contributed by atoms with Crippen LogP contribution in [0.2, 0.25) is 4.34 Å². The molecule has 110 valence electrons. The Bertz CT molecular complexity index is 714.